The van der Waals surface area contributed by atoms with Gasteiger partial charge < -0.3 is 10.2 Å². The summed E-state index contributed by atoms with van der Waals surface area (Å²) < 4.78 is 12.7. The molecule has 1 aromatic carbocycles. The Bertz CT molecular complexity index is 378. The van der Waals surface area contributed by atoms with Crippen LogP contribution in [0.15, 0.2) is 24.3 Å². The van der Waals surface area contributed by atoms with Gasteiger partial charge in [-0.2, -0.15) is 0 Å². The lowest BCUT2D eigenvalue weighted by Gasteiger charge is -2.16. The topological polar surface area (TPSA) is 32.3 Å². The van der Waals surface area contributed by atoms with Crippen LogP contribution in [0.4, 0.5) is 4.39 Å². The van der Waals surface area contributed by atoms with Gasteiger partial charge in [0.2, 0.25) is 5.91 Å². The first-order chi connectivity index (χ1) is 9.13. The van der Waals surface area contributed by atoms with Crippen LogP contribution in [0.2, 0.25) is 0 Å². The van der Waals surface area contributed by atoms with E-state index in [-0.39, 0.29) is 11.7 Å². The monoisotopic (exact) mass is 266 g/mol. The number of unbranched alkanes of at least 4 members (excludes halogenated alkanes) is 1. The number of nitrogens with zero attached hydrogens (tertiary/aromatic N) is 1. The molecule has 1 amide bonds. The Morgan fingerprint density at radius 2 is 2.00 bits per heavy atom. The predicted octanol–water partition coefficient (Wildman–Crippen LogP) is 2.22. The highest BCUT2D eigenvalue weighted by molar-refractivity contribution is 5.77. The Morgan fingerprint density at radius 3 is 2.63 bits per heavy atom. The predicted molar refractivity (Wildman–Crippen MR) is 75.5 cm³/mol. The molecule has 0 fully saturated rings. The highest BCUT2D eigenvalue weighted by Crippen LogP contribution is 2.02. The number of likely N-dealkylation sites (N-methyl/N-ethyl adjacent to an activating group) is 1. The van der Waals surface area contributed by atoms with Crippen LogP contribution in [0.5, 0.6) is 0 Å². The van der Waals surface area contributed by atoms with E-state index in [1.54, 1.807) is 17.0 Å². The summed E-state index contributed by atoms with van der Waals surface area (Å²) in [5.41, 5.74) is 1.07. The Morgan fingerprint density at radius 1 is 1.32 bits per heavy atom. The van der Waals surface area contributed by atoms with Gasteiger partial charge in [0, 0.05) is 13.6 Å². The van der Waals surface area contributed by atoms with Crippen molar-refractivity contribution in [3.63, 3.8) is 0 Å². The third-order valence-electron chi connectivity index (χ3n) is 3.05. The smallest absolute Gasteiger partial charge is 0.236 e. The minimum Gasteiger partial charge on any atom is -0.345 e. The molecule has 0 atom stereocenters. The fourth-order valence-corrected chi connectivity index (χ4v) is 1.73. The van der Waals surface area contributed by atoms with Crippen molar-refractivity contribution in [1.29, 1.82) is 0 Å². The molecule has 0 aliphatic heterocycles. The van der Waals surface area contributed by atoms with Crippen molar-refractivity contribution in [3.8, 4) is 0 Å². The second-order valence-electron chi connectivity index (χ2n) is 4.72. The lowest BCUT2D eigenvalue weighted by molar-refractivity contribution is -0.129. The molecule has 106 valence electrons. The standard InChI is InChI=1S/C15H23FN2O/c1-3-4-11-18(2)15(19)12-17-10-9-13-5-7-14(16)8-6-13/h5-8,17H,3-4,9-12H2,1-2H3. The van der Waals surface area contributed by atoms with Gasteiger partial charge in [0.15, 0.2) is 0 Å². The van der Waals surface area contributed by atoms with Crippen LogP contribution >= 0.6 is 0 Å². The maximum Gasteiger partial charge on any atom is 0.236 e. The van der Waals surface area contributed by atoms with Gasteiger partial charge in [-0.3, -0.25) is 4.79 Å². The molecule has 0 heterocycles. The van der Waals surface area contributed by atoms with E-state index in [4.69, 9.17) is 0 Å². The zero-order valence-electron chi connectivity index (χ0n) is 11.8. The van der Waals surface area contributed by atoms with Crippen LogP contribution in [0.3, 0.4) is 0 Å². The highest BCUT2D eigenvalue weighted by Gasteiger charge is 2.06. The van der Waals surface area contributed by atoms with Crippen molar-refractivity contribution in [3.05, 3.63) is 35.6 Å². The van der Waals surface area contributed by atoms with Crippen molar-refractivity contribution in [2.24, 2.45) is 0 Å². The molecule has 1 N–H and O–H groups in total. The first kappa shape index (κ1) is 15.6. The average Bonchev–Trinajstić information content (AvgIpc) is 2.42. The SMILES string of the molecule is CCCCN(C)C(=O)CNCCc1ccc(F)cc1. The molecule has 0 aliphatic rings. The summed E-state index contributed by atoms with van der Waals surface area (Å²) in [6.07, 6.45) is 2.93. The molecule has 0 bridgehead atoms. The summed E-state index contributed by atoms with van der Waals surface area (Å²) in [6.45, 7) is 4.01. The molecule has 4 heteroatoms. The van der Waals surface area contributed by atoms with Gasteiger partial charge in [-0.1, -0.05) is 25.5 Å². The number of benzene rings is 1. The Hall–Kier alpha value is -1.42. The quantitative estimate of drug-likeness (QED) is 0.732. The maximum atomic E-state index is 12.7. The Balaban J connectivity index is 2.16. The summed E-state index contributed by atoms with van der Waals surface area (Å²) in [5, 5.41) is 3.12. The van der Waals surface area contributed by atoms with Crippen molar-refractivity contribution < 1.29 is 9.18 Å². The third kappa shape index (κ3) is 6.34. The lowest BCUT2D eigenvalue weighted by Crippen LogP contribution is -2.36. The van der Waals surface area contributed by atoms with Gasteiger partial charge in [0.25, 0.3) is 0 Å². The Labute approximate surface area is 114 Å². The summed E-state index contributed by atoms with van der Waals surface area (Å²) in [7, 11) is 1.83. The number of amides is 1. The van der Waals surface area contributed by atoms with Gasteiger partial charge in [0.05, 0.1) is 6.54 Å². The first-order valence-electron chi connectivity index (χ1n) is 6.82. The normalized spacial score (nSPS) is 10.5. The molecule has 0 saturated heterocycles. The molecule has 0 aromatic heterocycles. The molecule has 3 nitrogen and oxygen atoms in total. The number of carbonyl (C=O) groups excluding carboxylic acids is 1. The summed E-state index contributed by atoms with van der Waals surface area (Å²) >= 11 is 0. The van der Waals surface area contributed by atoms with Gasteiger partial charge >= 0.3 is 0 Å². The summed E-state index contributed by atoms with van der Waals surface area (Å²) in [4.78, 5) is 13.5. The number of rotatable bonds is 8. The largest absolute Gasteiger partial charge is 0.345 e. The van der Waals surface area contributed by atoms with Crippen LogP contribution in [-0.4, -0.2) is 37.5 Å². The molecule has 0 unspecified atom stereocenters. The zero-order valence-corrected chi connectivity index (χ0v) is 11.8. The van der Waals surface area contributed by atoms with E-state index in [2.05, 4.69) is 12.2 Å². The molecule has 1 aromatic rings. The molecule has 0 aliphatic carbocycles. The lowest BCUT2D eigenvalue weighted by atomic mass is 10.1. The molecule has 0 spiro atoms. The van der Waals surface area contributed by atoms with Crippen LogP contribution in [0.25, 0.3) is 0 Å². The summed E-state index contributed by atoms with van der Waals surface area (Å²) in [6, 6.07) is 6.45. The van der Waals surface area contributed by atoms with E-state index in [1.807, 2.05) is 7.05 Å². The van der Waals surface area contributed by atoms with Gasteiger partial charge in [-0.15, -0.1) is 0 Å². The van der Waals surface area contributed by atoms with Crippen LogP contribution in [-0.2, 0) is 11.2 Å². The van der Waals surface area contributed by atoms with Gasteiger partial charge in [-0.05, 0) is 37.1 Å². The van der Waals surface area contributed by atoms with Crippen LogP contribution < -0.4 is 5.32 Å². The molecule has 0 radical (unpaired) electrons. The third-order valence-corrected chi connectivity index (χ3v) is 3.05. The average molecular weight is 266 g/mol. The van der Waals surface area contributed by atoms with Crippen molar-refractivity contribution in [2.45, 2.75) is 26.2 Å². The zero-order chi connectivity index (χ0) is 14.1. The number of nitrogens with one attached hydrogen (secondary N) is 1. The molecule has 0 saturated carbocycles. The van der Waals surface area contributed by atoms with E-state index >= 15 is 0 Å². The highest BCUT2D eigenvalue weighted by atomic mass is 19.1. The van der Waals surface area contributed by atoms with Gasteiger partial charge in [0.1, 0.15) is 5.82 Å². The van der Waals surface area contributed by atoms with E-state index < -0.39 is 0 Å². The van der Waals surface area contributed by atoms with Crippen molar-refractivity contribution in [2.75, 3.05) is 26.7 Å². The molecular weight excluding hydrogens is 243 g/mol. The maximum absolute atomic E-state index is 12.7. The van der Waals surface area contributed by atoms with Crippen LogP contribution in [0, 0.1) is 5.82 Å². The molecule has 19 heavy (non-hydrogen) atoms. The number of carbonyl (C=O) groups is 1. The second-order valence-corrected chi connectivity index (χ2v) is 4.72. The number of halogens is 1. The number of hydrogen-bond donors (Lipinski definition) is 1. The minimum atomic E-state index is -0.218. The van der Waals surface area contributed by atoms with E-state index in [1.165, 1.54) is 12.1 Å². The minimum absolute atomic E-state index is 0.118. The second kappa shape index (κ2) is 8.64. The molecule has 1 rings (SSSR count). The van der Waals surface area contributed by atoms with E-state index in [0.29, 0.717) is 6.54 Å². The fourth-order valence-electron chi connectivity index (χ4n) is 1.73. The van der Waals surface area contributed by atoms with Gasteiger partial charge in [-0.25, -0.2) is 4.39 Å². The fraction of sp³-hybridized carbons (Fsp3) is 0.533. The number of hydrogen-bond acceptors (Lipinski definition) is 2. The Kier molecular flexibility index (Phi) is 7.11. The summed E-state index contributed by atoms with van der Waals surface area (Å²) in [5.74, 6) is -0.100. The van der Waals surface area contributed by atoms with Crippen LogP contribution in [0.1, 0.15) is 25.3 Å². The van der Waals surface area contributed by atoms with E-state index in [0.717, 1.165) is 37.9 Å². The van der Waals surface area contributed by atoms with Crippen molar-refractivity contribution in [1.82, 2.24) is 10.2 Å². The van der Waals surface area contributed by atoms with E-state index in [9.17, 15) is 9.18 Å². The van der Waals surface area contributed by atoms with Crippen molar-refractivity contribution >= 4 is 5.91 Å². The first-order valence-corrected chi connectivity index (χ1v) is 6.82. The molecular formula is C15H23FN2O.